The molecule has 0 aliphatic carbocycles. The molecular formula is C17H14BrNO3. The van der Waals surface area contributed by atoms with Gasteiger partial charge in [-0.3, -0.25) is 14.5 Å². The molecule has 0 saturated carbocycles. The van der Waals surface area contributed by atoms with Crippen LogP contribution < -0.4 is 4.90 Å². The Kier molecular flexibility index (Phi) is 5.49. The summed E-state index contributed by atoms with van der Waals surface area (Å²) >= 11 is 3.31. The summed E-state index contributed by atoms with van der Waals surface area (Å²) in [4.78, 5) is 24.5. The largest absolute Gasteiger partial charge is 0.480 e. The fourth-order valence-corrected chi connectivity index (χ4v) is 2.14. The number of carboxylic acid groups (broad SMARTS) is 1. The predicted octanol–water partition coefficient (Wildman–Crippen LogP) is 3.58. The van der Waals surface area contributed by atoms with Gasteiger partial charge in [0.05, 0.1) is 0 Å². The molecule has 1 N–H and O–H groups in total. The number of halogens is 1. The van der Waals surface area contributed by atoms with Gasteiger partial charge in [-0.1, -0.05) is 46.3 Å². The number of aliphatic carboxylic acids is 1. The Balaban J connectivity index is 2.21. The summed E-state index contributed by atoms with van der Waals surface area (Å²) in [6, 6.07) is 16.3. The molecule has 1 amide bonds. The quantitative estimate of drug-likeness (QED) is 0.830. The monoisotopic (exact) mass is 359 g/mol. The summed E-state index contributed by atoms with van der Waals surface area (Å²) in [6.45, 7) is -0.389. The molecule has 2 aromatic carbocycles. The molecule has 2 aromatic rings. The number of hydrogen-bond donors (Lipinski definition) is 1. The van der Waals surface area contributed by atoms with Crippen molar-refractivity contribution in [1.82, 2.24) is 0 Å². The van der Waals surface area contributed by atoms with E-state index in [-0.39, 0.29) is 12.5 Å². The Morgan fingerprint density at radius 1 is 1.05 bits per heavy atom. The number of amides is 1. The molecule has 4 nitrogen and oxygen atoms in total. The Hall–Kier alpha value is -2.40. The topological polar surface area (TPSA) is 57.6 Å². The summed E-state index contributed by atoms with van der Waals surface area (Å²) in [5.41, 5.74) is 1.41. The molecule has 22 heavy (non-hydrogen) atoms. The summed E-state index contributed by atoms with van der Waals surface area (Å²) in [7, 11) is 0. The first-order chi connectivity index (χ1) is 10.6. The molecule has 0 aliphatic heterocycles. The number of benzene rings is 2. The molecule has 0 aromatic heterocycles. The van der Waals surface area contributed by atoms with E-state index in [1.165, 1.54) is 11.0 Å². The third-order valence-corrected chi connectivity index (χ3v) is 3.44. The second-order valence-corrected chi connectivity index (χ2v) is 5.45. The lowest BCUT2D eigenvalue weighted by atomic mass is 10.2. The van der Waals surface area contributed by atoms with Crippen molar-refractivity contribution >= 4 is 39.6 Å². The number of carboxylic acids is 1. The van der Waals surface area contributed by atoms with E-state index in [1.54, 1.807) is 30.3 Å². The maximum atomic E-state index is 12.3. The molecule has 0 atom stereocenters. The van der Waals surface area contributed by atoms with Crippen LogP contribution in [0.5, 0.6) is 0 Å². The summed E-state index contributed by atoms with van der Waals surface area (Å²) in [6.07, 6.45) is 3.04. The minimum Gasteiger partial charge on any atom is -0.480 e. The summed E-state index contributed by atoms with van der Waals surface area (Å²) in [5, 5.41) is 9.01. The van der Waals surface area contributed by atoms with Gasteiger partial charge in [0.1, 0.15) is 6.54 Å². The van der Waals surface area contributed by atoms with Gasteiger partial charge in [0, 0.05) is 16.2 Å². The molecule has 112 valence electrons. The van der Waals surface area contributed by atoms with Crippen LogP contribution in [0.2, 0.25) is 0 Å². The third-order valence-electron chi connectivity index (χ3n) is 2.92. The zero-order valence-corrected chi connectivity index (χ0v) is 13.2. The second-order valence-electron chi connectivity index (χ2n) is 4.54. The van der Waals surface area contributed by atoms with Crippen molar-refractivity contribution in [3.05, 3.63) is 70.7 Å². The van der Waals surface area contributed by atoms with Gasteiger partial charge in [0.2, 0.25) is 0 Å². The zero-order chi connectivity index (χ0) is 15.9. The lowest BCUT2D eigenvalue weighted by Crippen LogP contribution is -2.34. The lowest BCUT2D eigenvalue weighted by molar-refractivity contribution is -0.136. The van der Waals surface area contributed by atoms with Gasteiger partial charge in [-0.25, -0.2) is 0 Å². The van der Waals surface area contributed by atoms with Gasteiger partial charge in [-0.2, -0.15) is 0 Å². The van der Waals surface area contributed by atoms with Crippen LogP contribution in [0, 0.1) is 0 Å². The maximum Gasteiger partial charge on any atom is 0.323 e. The van der Waals surface area contributed by atoms with Crippen LogP contribution in [0.4, 0.5) is 5.69 Å². The zero-order valence-electron chi connectivity index (χ0n) is 11.6. The number of rotatable bonds is 5. The molecular weight excluding hydrogens is 346 g/mol. The first-order valence-corrected chi connectivity index (χ1v) is 7.37. The van der Waals surface area contributed by atoms with Crippen LogP contribution in [-0.4, -0.2) is 23.5 Å². The Labute approximate surface area is 136 Å². The van der Waals surface area contributed by atoms with Crippen molar-refractivity contribution in [2.45, 2.75) is 0 Å². The highest BCUT2D eigenvalue weighted by molar-refractivity contribution is 9.10. The van der Waals surface area contributed by atoms with Crippen molar-refractivity contribution < 1.29 is 14.7 Å². The number of nitrogens with zero attached hydrogens (tertiary/aromatic N) is 1. The smallest absolute Gasteiger partial charge is 0.323 e. The van der Waals surface area contributed by atoms with E-state index < -0.39 is 5.97 Å². The molecule has 0 saturated heterocycles. The third kappa shape index (κ3) is 4.56. The highest BCUT2D eigenvalue weighted by Crippen LogP contribution is 2.19. The van der Waals surface area contributed by atoms with Crippen molar-refractivity contribution in [2.75, 3.05) is 11.4 Å². The van der Waals surface area contributed by atoms with E-state index in [0.29, 0.717) is 5.69 Å². The SMILES string of the molecule is O=C(O)CN(C(=O)C=Cc1ccccc1)c1ccc(Br)cc1. The fourth-order valence-electron chi connectivity index (χ4n) is 1.87. The van der Waals surface area contributed by atoms with E-state index in [1.807, 2.05) is 30.3 Å². The van der Waals surface area contributed by atoms with Crippen LogP contribution in [0.25, 0.3) is 6.08 Å². The molecule has 0 radical (unpaired) electrons. The van der Waals surface area contributed by atoms with Crippen LogP contribution in [0.1, 0.15) is 5.56 Å². The first-order valence-electron chi connectivity index (χ1n) is 6.58. The molecule has 2 rings (SSSR count). The first kappa shape index (κ1) is 16.0. The number of carbonyl (C=O) groups is 2. The highest BCUT2D eigenvalue weighted by atomic mass is 79.9. The number of anilines is 1. The fraction of sp³-hybridized carbons (Fsp3) is 0.0588. The second kappa shape index (κ2) is 7.56. The summed E-state index contributed by atoms with van der Waals surface area (Å²) in [5.74, 6) is -1.45. The van der Waals surface area contributed by atoms with Gasteiger partial charge in [-0.05, 0) is 35.9 Å². The number of carbonyl (C=O) groups excluding carboxylic acids is 1. The van der Waals surface area contributed by atoms with Gasteiger partial charge in [-0.15, -0.1) is 0 Å². The van der Waals surface area contributed by atoms with E-state index in [4.69, 9.17) is 5.11 Å². The lowest BCUT2D eigenvalue weighted by Gasteiger charge is -2.19. The van der Waals surface area contributed by atoms with Crippen molar-refractivity contribution in [1.29, 1.82) is 0 Å². The normalized spacial score (nSPS) is 10.6. The van der Waals surface area contributed by atoms with Crippen molar-refractivity contribution in [3.63, 3.8) is 0 Å². The van der Waals surface area contributed by atoms with Gasteiger partial charge < -0.3 is 5.11 Å². The molecule has 0 heterocycles. The molecule has 0 fully saturated rings. The van der Waals surface area contributed by atoms with Crippen molar-refractivity contribution in [3.8, 4) is 0 Å². The van der Waals surface area contributed by atoms with Gasteiger partial charge in [0.15, 0.2) is 0 Å². The highest BCUT2D eigenvalue weighted by Gasteiger charge is 2.16. The van der Waals surface area contributed by atoms with Crippen molar-refractivity contribution in [2.24, 2.45) is 0 Å². The van der Waals surface area contributed by atoms with Crippen LogP contribution in [0.3, 0.4) is 0 Å². The van der Waals surface area contributed by atoms with E-state index >= 15 is 0 Å². The summed E-state index contributed by atoms with van der Waals surface area (Å²) < 4.78 is 0.860. The van der Waals surface area contributed by atoms with E-state index in [9.17, 15) is 9.59 Å². The molecule has 0 unspecified atom stereocenters. The minimum absolute atomic E-state index is 0.381. The Morgan fingerprint density at radius 3 is 2.27 bits per heavy atom. The standard InChI is InChI=1S/C17H14BrNO3/c18-14-7-9-15(10-8-14)19(12-17(21)22)16(20)11-6-13-4-2-1-3-5-13/h1-11H,12H2,(H,21,22). The minimum atomic E-state index is -1.07. The van der Waals surface area contributed by atoms with Crippen LogP contribution in [-0.2, 0) is 9.59 Å². The average molecular weight is 360 g/mol. The molecule has 0 spiro atoms. The van der Waals surface area contributed by atoms with Gasteiger partial charge in [0.25, 0.3) is 5.91 Å². The molecule has 0 aliphatic rings. The van der Waals surface area contributed by atoms with Gasteiger partial charge >= 0.3 is 5.97 Å². The van der Waals surface area contributed by atoms with E-state index in [2.05, 4.69) is 15.9 Å². The number of hydrogen-bond acceptors (Lipinski definition) is 2. The Morgan fingerprint density at radius 2 is 1.68 bits per heavy atom. The maximum absolute atomic E-state index is 12.3. The van der Waals surface area contributed by atoms with E-state index in [0.717, 1.165) is 10.0 Å². The predicted molar refractivity (Wildman–Crippen MR) is 89.6 cm³/mol. The molecule has 5 heteroatoms. The molecule has 0 bridgehead atoms. The van der Waals surface area contributed by atoms with Crippen LogP contribution in [0.15, 0.2) is 65.1 Å². The van der Waals surface area contributed by atoms with Crippen LogP contribution >= 0.6 is 15.9 Å². The Bertz CT molecular complexity index is 681. The average Bonchev–Trinajstić information content (AvgIpc) is 2.52.